The van der Waals surface area contributed by atoms with E-state index in [0.29, 0.717) is 11.0 Å². The van der Waals surface area contributed by atoms with Gasteiger partial charge in [0.1, 0.15) is 12.1 Å². The van der Waals surface area contributed by atoms with E-state index in [1.54, 1.807) is 18.1 Å². The number of ketones is 1. The summed E-state index contributed by atoms with van der Waals surface area (Å²) in [5, 5.41) is 9.10. The zero-order chi connectivity index (χ0) is 10.1. The van der Waals surface area contributed by atoms with Gasteiger partial charge in [0.2, 0.25) is 0 Å². The molecule has 2 atom stereocenters. The zero-order valence-corrected chi connectivity index (χ0v) is 9.12. The maximum atomic E-state index is 11.3. The smallest absolute Gasteiger partial charge is 0.191 e. The van der Waals surface area contributed by atoms with Gasteiger partial charge in [-0.25, -0.2) is 0 Å². The van der Waals surface area contributed by atoms with Crippen LogP contribution in [0, 0.1) is 5.92 Å². The molecule has 1 aromatic heterocycles. The third-order valence-corrected chi connectivity index (χ3v) is 4.19. The van der Waals surface area contributed by atoms with Gasteiger partial charge >= 0.3 is 0 Å². The Morgan fingerprint density at radius 2 is 2.43 bits per heavy atom. The van der Waals surface area contributed by atoms with Crippen LogP contribution >= 0.6 is 11.8 Å². The molecule has 1 aromatic rings. The SMILES string of the molecule is CC1C(=O)CCC1Sc1nncn1C. The summed E-state index contributed by atoms with van der Waals surface area (Å²) in [6, 6.07) is 0. The van der Waals surface area contributed by atoms with Gasteiger partial charge in [0, 0.05) is 24.6 Å². The number of hydrogen-bond acceptors (Lipinski definition) is 4. The molecular weight excluding hydrogens is 198 g/mol. The van der Waals surface area contributed by atoms with Crippen LogP contribution < -0.4 is 0 Å². The molecule has 1 aliphatic carbocycles. The van der Waals surface area contributed by atoms with Gasteiger partial charge in [-0.2, -0.15) is 0 Å². The van der Waals surface area contributed by atoms with Crippen LogP contribution in [0.4, 0.5) is 0 Å². The van der Waals surface area contributed by atoms with Gasteiger partial charge in [-0.05, 0) is 6.42 Å². The van der Waals surface area contributed by atoms with Gasteiger partial charge in [0.25, 0.3) is 0 Å². The molecule has 5 heteroatoms. The van der Waals surface area contributed by atoms with Crippen molar-refractivity contribution in [1.29, 1.82) is 0 Å². The highest BCUT2D eigenvalue weighted by molar-refractivity contribution is 7.99. The van der Waals surface area contributed by atoms with E-state index in [0.717, 1.165) is 18.0 Å². The second kappa shape index (κ2) is 3.73. The minimum absolute atomic E-state index is 0.164. The van der Waals surface area contributed by atoms with Gasteiger partial charge in [-0.1, -0.05) is 18.7 Å². The summed E-state index contributed by atoms with van der Waals surface area (Å²) >= 11 is 1.66. The van der Waals surface area contributed by atoms with Crippen LogP contribution in [0.1, 0.15) is 19.8 Å². The monoisotopic (exact) mass is 211 g/mol. The average molecular weight is 211 g/mol. The quantitative estimate of drug-likeness (QED) is 0.739. The molecule has 76 valence electrons. The van der Waals surface area contributed by atoms with Crippen LogP contribution in [-0.4, -0.2) is 25.8 Å². The Kier molecular flexibility index (Phi) is 2.58. The highest BCUT2D eigenvalue weighted by Crippen LogP contribution is 2.35. The van der Waals surface area contributed by atoms with Crippen LogP contribution in [0.3, 0.4) is 0 Å². The lowest BCUT2D eigenvalue weighted by molar-refractivity contribution is -0.120. The van der Waals surface area contributed by atoms with Gasteiger partial charge in [-0.15, -0.1) is 10.2 Å². The van der Waals surface area contributed by atoms with Crippen molar-refractivity contribution in [2.75, 3.05) is 0 Å². The molecule has 0 saturated heterocycles. The standard InChI is InChI=1S/C9H13N3OS/c1-6-7(13)3-4-8(6)14-9-11-10-5-12(9)2/h5-6,8H,3-4H2,1-2H3. The van der Waals surface area contributed by atoms with Crippen LogP contribution in [-0.2, 0) is 11.8 Å². The van der Waals surface area contributed by atoms with E-state index in [9.17, 15) is 4.79 Å². The van der Waals surface area contributed by atoms with Gasteiger partial charge in [-0.3, -0.25) is 4.79 Å². The Morgan fingerprint density at radius 3 is 2.93 bits per heavy atom. The fourth-order valence-corrected chi connectivity index (χ4v) is 2.82. The molecule has 0 amide bonds. The summed E-state index contributed by atoms with van der Waals surface area (Å²) in [6.45, 7) is 2.00. The lowest BCUT2D eigenvalue weighted by Gasteiger charge is -2.11. The Hall–Kier alpha value is -0.840. The molecule has 14 heavy (non-hydrogen) atoms. The molecule has 2 rings (SSSR count). The number of carbonyl (C=O) groups excluding carboxylic acids is 1. The Balaban J connectivity index is 2.05. The molecule has 0 spiro atoms. The predicted molar refractivity (Wildman–Crippen MR) is 54.1 cm³/mol. The van der Waals surface area contributed by atoms with Crippen LogP contribution in [0.5, 0.6) is 0 Å². The lowest BCUT2D eigenvalue weighted by atomic mass is 10.1. The molecule has 0 aromatic carbocycles. The molecule has 2 unspecified atom stereocenters. The summed E-state index contributed by atoms with van der Waals surface area (Å²) in [6.07, 6.45) is 3.37. The van der Waals surface area contributed by atoms with Crippen molar-refractivity contribution in [1.82, 2.24) is 14.8 Å². The van der Waals surface area contributed by atoms with E-state index in [2.05, 4.69) is 10.2 Å². The first-order valence-electron chi connectivity index (χ1n) is 4.72. The van der Waals surface area contributed by atoms with E-state index >= 15 is 0 Å². The van der Waals surface area contributed by atoms with E-state index in [1.165, 1.54) is 0 Å². The maximum absolute atomic E-state index is 11.3. The fraction of sp³-hybridized carbons (Fsp3) is 0.667. The first-order valence-corrected chi connectivity index (χ1v) is 5.60. The normalized spacial score (nSPS) is 27.1. The molecule has 0 radical (unpaired) electrons. The number of aryl methyl sites for hydroxylation is 1. The number of Topliss-reactive ketones (excluding diaryl/α,β-unsaturated/α-hetero) is 1. The van der Waals surface area contributed by atoms with E-state index in [-0.39, 0.29) is 5.92 Å². The number of thioether (sulfide) groups is 1. The topological polar surface area (TPSA) is 47.8 Å². The highest BCUT2D eigenvalue weighted by atomic mass is 32.2. The molecule has 0 aliphatic heterocycles. The van der Waals surface area contributed by atoms with Crippen molar-refractivity contribution in [3.05, 3.63) is 6.33 Å². The average Bonchev–Trinajstić information content (AvgIpc) is 2.68. The van der Waals surface area contributed by atoms with Crippen molar-refractivity contribution in [2.45, 2.75) is 30.2 Å². The minimum atomic E-state index is 0.164. The first kappa shape index (κ1) is 9.71. The van der Waals surface area contributed by atoms with E-state index < -0.39 is 0 Å². The third-order valence-electron chi connectivity index (χ3n) is 2.67. The van der Waals surface area contributed by atoms with Crippen LogP contribution in [0.25, 0.3) is 0 Å². The largest absolute Gasteiger partial charge is 0.312 e. The van der Waals surface area contributed by atoms with E-state index in [4.69, 9.17) is 0 Å². The Morgan fingerprint density at radius 1 is 1.64 bits per heavy atom. The van der Waals surface area contributed by atoms with Gasteiger partial charge < -0.3 is 4.57 Å². The van der Waals surface area contributed by atoms with E-state index in [1.807, 2.05) is 18.5 Å². The molecule has 1 saturated carbocycles. The molecule has 1 heterocycles. The molecule has 0 N–H and O–H groups in total. The highest BCUT2D eigenvalue weighted by Gasteiger charge is 2.32. The number of hydrogen-bond donors (Lipinski definition) is 0. The second-order valence-corrected chi connectivity index (χ2v) is 4.88. The molecule has 0 bridgehead atoms. The zero-order valence-electron chi connectivity index (χ0n) is 8.30. The van der Waals surface area contributed by atoms with Crippen molar-refractivity contribution in [3.8, 4) is 0 Å². The van der Waals surface area contributed by atoms with Crippen molar-refractivity contribution in [2.24, 2.45) is 13.0 Å². The summed E-state index contributed by atoms with van der Waals surface area (Å²) in [5.41, 5.74) is 0. The molecule has 4 nitrogen and oxygen atoms in total. The summed E-state index contributed by atoms with van der Waals surface area (Å²) in [5.74, 6) is 0.543. The summed E-state index contributed by atoms with van der Waals surface area (Å²) < 4.78 is 1.89. The van der Waals surface area contributed by atoms with Crippen LogP contribution in [0.2, 0.25) is 0 Å². The number of nitrogens with zero attached hydrogens (tertiary/aromatic N) is 3. The minimum Gasteiger partial charge on any atom is -0.312 e. The van der Waals surface area contributed by atoms with Crippen molar-refractivity contribution in [3.63, 3.8) is 0 Å². The lowest BCUT2D eigenvalue weighted by Crippen LogP contribution is -2.12. The maximum Gasteiger partial charge on any atom is 0.191 e. The predicted octanol–water partition coefficient (Wildman–Crippen LogP) is 1.27. The molecule has 1 fully saturated rings. The van der Waals surface area contributed by atoms with Crippen molar-refractivity contribution >= 4 is 17.5 Å². The Labute approximate surface area is 87.1 Å². The summed E-state index contributed by atoms with van der Waals surface area (Å²) in [7, 11) is 1.92. The second-order valence-electron chi connectivity index (χ2n) is 3.67. The van der Waals surface area contributed by atoms with Crippen LogP contribution in [0.15, 0.2) is 11.5 Å². The number of carbonyl (C=O) groups is 1. The molecular formula is C9H13N3OS. The number of rotatable bonds is 2. The first-order chi connectivity index (χ1) is 6.68. The van der Waals surface area contributed by atoms with Crippen molar-refractivity contribution < 1.29 is 4.79 Å². The summed E-state index contributed by atoms with van der Waals surface area (Å²) in [4.78, 5) is 11.3. The fourth-order valence-electron chi connectivity index (χ4n) is 1.65. The Bertz CT molecular complexity index is 350. The van der Waals surface area contributed by atoms with Gasteiger partial charge in [0.15, 0.2) is 5.16 Å². The molecule has 1 aliphatic rings. The third kappa shape index (κ3) is 1.68. The van der Waals surface area contributed by atoms with Gasteiger partial charge in [0.05, 0.1) is 0 Å². The number of aromatic nitrogens is 3.